The Hall–Kier alpha value is -2.85. The van der Waals surface area contributed by atoms with Crippen molar-refractivity contribution in [2.24, 2.45) is 0 Å². The summed E-state index contributed by atoms with van der Waals surface area (Å²) in [5.41, 5.74) is 3.60. The Balaban J connectivity index is 1.40. The average molecular weight is 485 g/mol. The molecule has 0 saturated heterocycles. The van der Waals surface area contributed by atoms with E-state index in [1.54, 1.807) is 4.57 Å². The summed E-state index contributed by atoms with van der Waals surface area (Å²) in [7, 11) is 0. The molecule has 6 nitrogen and oxygen atoms in total. The number of aromatic nitrogens is 2. The monoisotopic (exact) mass is 484 g/mol. The van der Waals surface area contributed by atoms with Gasteiger partial charge >= 0.3 is 6.18 Å². The third-order valence-electron chi connectivity index (χ3n) is 7.45. The zero-order valence-corrected chi connectivity index (χ0v) is 19.2. The van der Waals surface area contributed by atoms with E-state index in [-0.39, 0.29) is 0 Å². The van der Waals surface area contributed by atoms with Crippen LogP contribution in [0.5, 0.6) is 0 Å². The van der Waals surface area contributed by atoms with Gasteiger partial charge in [0.2, 0.25) is 0 Å². The van der Waals surface area contributed by atoms with E-state index in [1.807, 2.05) is 19.1 Å². The second-order valence-corrected chi connectivity index (χ2v) is 9.72. The predicted molar refractivity (Wildman–Crippen MR) is 127 cm³/mol. The lowest BCUT2D eigenvalue weighted by Crippen LogP contribution is -2.50. The molecule has 0 spiro atoms. The minimum absolute atomic E-state index is 0.337. The number of aliphatic hydroxyl groups is 2. The van der Waals surface area contributed by atoms with Gasteiger partial charge in [-0.25, -0.2) is 0 Å². The van der Waals surface area contributed by atoms with Crippen LogP contribution in [-0.2, 0) is 19.3 Å². The van der Waals surface area contributed by atoms with E-state index >= 15 is 0 Å². The van der Waals surface area contributed by atoms with Crippen LogP contribution >= 0.6 is 0 Å². The molecule has 9 heteroatoms. The number of benzene rings is 2. The van der Waals surface area contributed by atoms with Crippen molar-refractivity contribution in [1.82, 2.24) is 19.8 Å². The van der Waals surface area contributed by atoms with Gasteiger partial charge in [0.1, 0.15) is 12.2 Å². The quantitative estimate of drug-likeness (QED) is 0.358. The van der Waals surface area contributed by atoms with Gasteiger partial charge < -0.3 is 30.0 Å². The molecule has 4 heterocycles. The standard InChI is InChI=1S/C26H27F3N4O2/c1-14-2-3-15-7-18-10-30-12-22(32(18)20(15)6-14)24(34)25(35)23-13-31-11-19-8-16-4-5-17(26(27,28)29)9-21(16)33(19)23/h2-9,22-25,30-31,34-35H,10-13H2,1H3. The molecule has 0 amide bonds. The maximum atomic E-state index is 13.4. The summed E-state index contributed by atoms with van der Waals surface area (Å²) in [6.45, 7) is 3.96. The second-order valence-electron chi connectivity index (χ2n) is 9.72. The summed E-state index contributed by atoms with van der Waals surface area (Å²) in [6, 6.07) is 12.7. The number of hydrogen-bond donors (Lipinski definition) is 4. The number of fused-ring (bicyclic) bond motifs is 6. The number of rotatable bonds is 3. The molecule has 6 rings (SSSR count). The number of alkyl halides is 3. The van der Waals surface area contributed by atoms with Gasteiger partial charge in [0.15, 0.2) is 0 Å². The van der Waals surface area contributed by atoms with Gasteiger partial charge in [-0.15, -0.1) is 0 Å². The van der Waals surface area contributed by atoms with Crippen molar-refractivity contribution in [2.75, 3.05) is 13.1 Å². The minimum atomic E-state index is -4.46. The molecule has 2 aromatic carbocycles. The third-order valence-corrected chi connectivity index (χ3v) is 7.45. The van der Waals surface area contributed by atoms with Gasteiger partial charge in [-0.3, -0.25) is 0 Å². The van der Waals surface area contributed by atoms with E-state index in [0.717, 1.165) is 40.0 Å². The Bertz CT molecular complexity index is 1420. The van der Waals surface area contributed by atoms with Crippen LogP contribution in [0.1, 0.15) is 34.6 Å². The van der Waals surface area contributed by atoms with Crippen molar-refractivity contribution in [2.45, 2.75) is 50.5 Å². The van der Waals surface area contributed by atoms with Crippen LogP contribution in [0.3, 0.4) is 0 Å². The first-order chi connectivity index (χ1) is 16.7. The predicted octanol–water partition coefficient (Wildman–Crippen LogP) is 3.63. The van der Waals surface area contributed by atoms with Crippen LogP contribution in [0.2, 0.25) is 0 Å². The molecule has 0 radical (unpaired) electrons. The SMILES string of the molecule is Cc1ccc2cc3n(c2c1)C(C(O)C(O)C1CNCc2cc4ccc(C(F)(F)F)cc4n21)CNC3. The van der Waals surface area contributed by atoms with Gasteiger partial charge in [0.05, 0.1) is 17.6 Å². The van der Waals surface area contributed by atoms with E-state index in [0.29, 0.717) is 37.1 Å². The summed E-state index contributed by atoms with van der Waals surface area (Å²) < 4.78 is 44.1. The molecule has 184 valence electrons. The molecule has 4 aromatic rings. The highest BCUT2D eigenvalue weighted by molar-refractivity contribution is 5.83. The first-order valence-electron chi connectivity index (χ1n) is 11.8. The molecule has 4 atom stereocenters. The third kappa shape index (κ3) is 3.65. The van der Waals surface area contributed by atoms with Crippen molar-refractivity contribution < 1.29 is 23.4 Å². The van der Waals surface area contributed by atoms with Gasteiger partial charge in [0.25, 0.3) is 0 Å². The highest BCUT2D eigenvalue weighted by atomic mass is 19.4. The molecule has 0 bridgehead atoms. The molecule has 4 unspecified atom stereocenters. The van der Waals surface area contributed by atoms with Crippen molar-refractivity contribution in [3.63, 3.8) is 0 Å². The summed E-state index contributed by atoms with van der Waals surface area (Å²) in [4.78, 5) is 0. The topological polar surface area (TPSA) is 74.4 Å². The van der Waals surface area contributed by atoms with Crippen LogP contribution in [0.25, 0.3) is 21.8 Å². The van der Waals surface area contributed by atoms with Crippen molar-refractivity contribution in [3.05, 3.63) is 71.0 Å². The first kappa shape index (κ1) is 22.6. The summed E-state index contributed by atoms with van der Waals surface area (Å²) >= 11 is 0. The fourth-order valence-corrected chi connectivity index (χ4v) is 5.78. The number of nitrogens with one attached hydrogen (secondary N) is 2. The van der Waals surface area contributed by atoms with Gasteiger partial charge in [0, 0.05) is 48.6 Å². The number of nitrogens with zero attached hydrogens (tertiary/aromatic N) is 2. The van der Waals surface area contributed by atoms with Crippen molar-refractivity contribution in [3.8, 4) is 0 Å². The van der Waals surface area contributed by atoms with E-state index in [4.69, 9.17) is 0 Å². The van der Waals surface area contributed by atoms with Gasteiger partial charge in [-0.2, -0.15) is 13.2 Å². The summed E-state index contributed by atoms with van der Waals surface area (Å²) in [6.07, 6.45) is -6.80. The number of aryl methyl sites for hydroxylation is 1. The molecule has 35 heavy (non-hydrogen) atoms. The molecule has 0 fully saturated rings. The normalized spacial score (nSPS) is 22.2. The van der Waals surface area contributed by atoms with Gasteiger partial charge in [-0.05, 0) is 53.6 Å². The van der Waals surface area contributed by atoms with E-state index in [1.165, 1.54) is 6.07 Å². The number of hydrogen-bond acceptors (Lipinski definition) is 4. The molecule has 2 aromatic heterocycles. The largest absolute Gasteiger partial charge is 0.416 e. The molecule has 0 saturated carbocycles. The lowest BCUT2D eigenvalue weighted by Gasteiger charge is -2.39. The van der Waals surface area contributed by atoms with Crippen molar-refractivity contribution >= 4 is 21.8 Å². The van der Waals surface area contributed by atoms with E-state index < -0.39 is 36.0 Å². The average Bonchev–Trinajstić information content (AvgIpc) is 3.39. The molecule has 2 aliphatic heterocycles. The molecule has 2 aliphatic rings. The smallest absolute Gasteiger partial charge is 0.388 e. The number of aliphatic hydroxyl groups excluding tert-OH is 2. The molecular formula is C26H27F3N4O2. The zero-order valence-electron chi connectivity index (χ0n) is 19.2. The summed E-state index contributed by atoms with van der Waals surface area (Å²) in [5.74, 6) is 0. The maximum Gasteiger partial charge on any atom is 0.416 e. The van der Waals surface area contributed by atoms with Crippen molar-refractivity contribution in [1.29, 1.82) is 0 Å². The lowest BCUT2D eigenvalue weighted by atomic mass is 9.96. The Kier molecular flexibility index (Phi) is 5.23. The Morgan fingerprint density at radius 2 is 1.31 bits per heavy atom. The maximum absolute atomic E-state index is 13.4. The fraction of sp³-hybridized carbons (Fsp3) is 0.385. The fourth-order valence-electron chi connectivity index (χ4n) is 5.78. The highest BCUT2D eigenvalue weighted by Gasteiger charge is 2.39. The second kappa shape index (κ2) is 8.09. The van der Waals surface area contributed by atoms with Gasteiger partial charge in [-0.1, -0.05) is 18.2 Å². The Morgan fingerprint density at radius 1 is 0.800 bits per heavy atom. The van der Waals surface area contributed by atoms with Crippen LogP contribution in [0.15, 0.2) is 48.5 Å². The summed E-state index contributed by atoms with van der Waals surface area (Å²) in [5, 5.41) is 31.3. The lowest BCUT2D eigenvalue weighted by molar-refractivity contribution is -0.137. The molecule has 4 N–H and O–H groups in total. The van der Waals surface area contributed by atoms with Crippen LogP contribution in [0, 0.1) is 6.92 Å². The number of halogens is 3. The van der Waals surface area contributed by atoms with E-state index in [9.17, 15) is 23.4 Å². The Labute approximate surface area is 200 Å². The highest BCUT2D eigenvalue weighted by Crippen LogP contribution is 2.37. The van der Waals surface area contributed by atoms with E-state index in [2.05, 4.69) is 33.4 Å². The molecule has 0 aliphatic carbocycles. The van der Waals surface area contributed by atoms with Crippen LogP contribution in [0.4, 0.5) is 13.2 Å². The first-order valence-corrected chi connectivity index (χ1v) is 11.8. The van der Waals surface area contributed by atoms with Crippen LogP contribution < -0.4 is 10.6 Å². The zero-order chi connectivity index (χ0) is 24.5. The Morgan fingerprint density at radius 3 is 1.86 bits per heavy atom. The molecular weight excluding hydrogens is 457 g/mol. The minimum Gasteiger partial charge on any atom is -0.388 e. The van der Waals surface area contributed by atoms with Crippen LogP contribution in [-0.4, -0.2) is 44.6 Å².